The first-order valence-electron chi connectivity index (χ1n) is 6.06. The van der Waals surface area contributed by atoms with E-state index in [0.717, 1.165) is 5.56 Å². The SMILES string of the molecule is O=[N+]([O-])c1ccc(NCc2cccc(OC(F)F)c2)cc1. The number of benzene rings is 2. The molecule has 2 rings (SSSR count). The lowest BCUT2D eigenvalue weighted by Gasteiger charge is -2.09. The summed E-state index contributed by atoms with van der Waals surface area (Å²) in [4.78, 5) is 10.0. The molecule has 0 unspecified atom stereocenters. The van der Waals surface area contributed by atoms with Crippen molar-refractivity contribution in [1.29, 1.82) is 0 Å². The molecule has 0 amide bonds. The van der Waals surface area contributed by atoms with Gasteiger partial charge in [0, 0.05) is 24.4 Å². The summed E-state index contributed by atoms with van der Waals surface area (Å²) in [5.74, 6) is 0.0907. The molecule has 0 aliphatic heterocycles. The second kappa shape index (κ2) is 6.65. The van der Waals surface area contributed by atoms with Crippen LogP contribution in [0, 0.1) is 10.1 Å². The van der Waals surface area contributed by atoms with Gasteiger partial charge in [-0.1, -0.05) is 12.1 Å². The summed E-state index contributed by atoms with van der Waals surface area (Å²) in [6.07, 6.45) is 0. The normalized spacial score (nSPS) is 10.4. The highest BCUT2D eigenvalue weighted by Crippen LogP contribution is 2.19. The highest BCUT2D eigenvalue weighted by atomic mass is 19.3. The predicted octanol–water partition coefficient (Wildman–Crippen LogP) is 3.81. The molecular formula is C14H12F2N2O3. The molecule has 0 spiro atoms. The zero-order valence-corrected chi connectivity index (χ0v) is 10.8. The number of ether oxygens (including phenoxy) is 1. The predicted molar refractivity (Wildman–Crippen MR) is 73.5 cm³/mol. The number of nitrogens with zero attached hydrogens (tertiary/aromatic N) is 1. The van der Waals surface area contributed by atoms with E-state index in [9.17, 15) is 18.9 Å². The minimum absolute atomic E-state index is 0.00730. The maximum Gasteiger partial charge on any atom is 0.387 e. The highest BCUT2D eigenvalue weighted by molar-refractivity contribution is 5.49. The summed E-state index contributed by atoms with van der Waals surface area (Å²) >= 11 is 0. The molecule has 0 atom stereocenters. The van der Waals surface area contributed by atoms with E-state index < -0.39 is 11.5 Å². The molecule has 0 bridgehead atoms. The maximum absolute atomic E-state index is 12.1. The van der Waals surface area contributed by atoms with Crippen molar-refractivity contribution in [2.45, 2.75) is 13.2 Å². The lowest BCUT2D eigenvalue weighted by atomic mass is 10.2. The van der Waals surface area contributed by atoms with E-state index >= 15 is 0 Å². The fraction of sp³-hybridized carbons (Fsp3) is 0.143. The molecule has 0 radical (unpaired) electrons. The Bertz CT molecular complexity index is 618. The van der Waals surface area contributed by atoms with Gasteiger partial charge in [-0.3, -0.25) is 10.1 Å². The Morgan fingerprint density at radius 3 is 2.52 bits per heavy atom. The van der Waals surface area contributed by atoms with Crippen molar-refractivity contribution in [2.24, 2.45) is 0 Å². The van der Waals surface area contributed by atoms with Crippen LogP contribution in [0.4, 0.5) is 20.2 Å². The molecule has 0 saturated carbocycles. The number of nitro benzene ring substituents is 1. The van der Waals surface area contributed by atoms with Gasteiger partial charge >= 0.3 is 6.61 Å². The molecule has 7 heteroatoms. The summed E-state index contributed by atoms with van der Waals surface area (Å²) < 4.78 is 28.5. The number of rotatable bonds is 6. The Hall–Kier alpha value is -2.70. The second-order valence-corrected chi connectivity index (χ2v) is 4.18. The zero-order chi connectivity index (χ0) is 15.2. The summed E-state index contributed by atoms with van der Waals surface area (Å²) in [5.41, 5.74) is 1.46. The molecule has 0 fully saturated rings. The van der Waals surface area contributed by atoms with Crippen LogP contribution >= 0.6 is 0 Å². The fourth-order valence-electron chi connectivity index (χ4n) is 1.74. The minimum atomic E-state index is -2.86. The van der Waals surface area contributed by atoms with Crippen molar-refractivity contribution < 1.29 is 18.4 Å². The molecule has 0 heterocycles. The summed E-state index contributed by atoms with van der Waals surface area (Å²) in [7, 11) is 0. The number of alkyl halides is 2. The third kappa shape index (κ3) is 4.41. The van der Waals surface area contributed by atoms with Gasteiger partial charge in [0.15, 0.2) is 0 Å². The summed E-state index contributed by atoms with van der Waals surface area (Å²) in [5, 5.41) is 13.6. The zero-order valence-electron chi connectivity index (χ0n) is 10.8. The smallest absolute Gasteiger partial charge is 0.387 e. The van der Waals surface area contributed by atoms with Crippen molar-refractivity contribution in [3.63, 3.8) is 0 Å². The topological polar surface area (TPSA) is 64.4 Å². The Morgan fingerprint density at radius 2 is 1.90 bits per heavy atom. The number of nitro groups is 1. The van der Waals surface area contributed by atoms with Gasteiger partial charge in [0.1, 0.15) is 5.75 Å². The van der Waals surface area contributed by atoms with Crippen LogP contribution in [0.2, 0.25) is 0 Å². The van der Waals surface area contributed by atoms with Crippen molar-refractivity contribution in [3.05, 3.63) is 64.2 Å². The van der Waals surface area contributed by atoms with Crippen LogP contribution in [-0.4, -0.2) is 11.5 Å². The van der Waals surface area contributed by atoms with Crippen LogP contribution in [0.3, 0.4) is 0 Å². The second-order valence-electron chi connectivity index (χ2n) is 4.18. The van der Waals surface area contributed by atoms with Crippen molar-refractivity contribution >= 4 is 11.4 Å². The van der Waals surface area contributed by atoms with Gasteiger partial charge in [0.05, 0.1) is 4.92 Å². The molecule has 5 nitrogen and oxygen atoms in total. The van der Waals surface area contributed by atoms with Gasteiger partial charge in [-0.2, -0.15) is 8.78 Å². The van der Waals surface area contributed by atoms with Gasteiger partial charge in [0.2, 0.25) is 0 Å². The van der Waals surface area contributed by atoms with E-state index in [1.807, 2.05) is 0 Å². The van der Waals surface area contributed by atoms with Gasteiger partial charge in [0.25, 0.3) is 5.69 Å². The molecule has 2 aromatic rings. The van der Waals surface area contributed by atoms with Crippen molar-refractivity contribution in [3.8, 4) is 5.75 Å². The monoisotopic (exact) mass is 294 g/mol. The number of anilines is 1. The Labute approximate surface area is 119 Å². The number of non-ortho nitro benzene ring substituents is 1. The molecule has 2 aromatic carbocycles. The summed E-state index contributed by atoms with van der Waals surface area (Å²) in [6, 6.07) is 12.3. The minimum Gasteiger partial charge on any atom is -0.435 e. The quantitative estimate of drug-likeness (QED) is 0.650. The van der Waals surface area contributed by atoms with Crippen molar-refractivity contribution in [1.82, 2.24) is 0 Å². The van der Waals surface area contributed by atoms with E-state index in [2.05, 4.69) is 10.1 Å². The Balaban J connectivity index is 1.97. The third-order valence-corrected chi connectivity index (χ3v) is 2.70. The average molecular weight is 294 g/mol. The van der Waals surface area contributed by atoms with Crippen LogP contribution in [0.15, 0.2) is 48.5 Å². The molecule has 110 valence electrons. The van der Waals surface area contributed by atoms with Crippen LogP contribution in [0.25, 0.3) is 0 Å². The van der Waals surface area contributed by atoms with E-state index in [0.29, 0.717) is 12.2 Å². The van der Waals surface area contributed by atoms with Crippen LogP contribution in [0.1, 0.15) is 5.56 Å². The third-order valence-electron chi connectivity index (χ3n) is 2.70. The maximum atomic E-state index is 12.1. The van der Waals surface area contributed by atoms with E-state index in [-0.39, 0.29) is 11.4 Å². The summed E-state index contributed by atoms with van der Waals surface area (Å²) in [6.45, 7) is -2.47. The first kappa shape index (κ1) is 14.7. The number of nitrogens with one attached hydrogen (secondary N) is 1. The molecule has 0 saturated heterocycles. The van der Waals surface area contributed by atoms with E-state index in [1.165, 1.54) is 24.3 Å². The first-order chi connectivity index (χ1) is 10.0. The number of hydrogen-bond acceptors (Lipinski definition) is 4. The largest absolute Gasteiger partial charge is 0.435 e. The first-order valence-corrected chi connectivity index (χ1v) is 6.06. The Morgan fingerprint density at radius 1 is 1.19 bits per heavy atom. The Kier molecular flexibility index (Phi) is 4.65. The van der Waals surface area contributed by atoms with E-state index in [1.54, 1.807) is 24.3 Å². The highest BCUT2D eigenvalue weighted by Gasteiger charge is 2.06. The molecular weight excluding hydrogens is 282 g/mol. The van der Waals surface area contributed by atoms with Gasteiger partial charge in [-0.05, 0) is 29.8 Å². The number of hydrogen-bond donors (Lipinski definition) is 1. The van der Waals surface area contributed by atoms with Crippen LogP contribution in [-0.2, 0) is 6.54 Å². The molecule has 0 aliphatic rings. The lowest BCUT2D eigenvalue weighted by Crippen LogP contribution is -2.03. The average Bonchev–Trinajstić information content (AvgIpc) is 2.45. The molecule has 21 heavy (non-hydrogen) atoms. The fourth-order valence-corrected chi connectivity index (χ4v) is 1.74. The molecule has 1 N–H and O–H groups in total. The van der Waals surface area contributed by atoms with Gasteiger partial charge < -0.3 is 10.1 Å². The van der Waals surface area contributed by atoms with Crippen LogP contribution < -0.4 is 10.1 Å². The lowest BCUT2D eigenvalue weighted by molar-refractivity contribution is -0.384. The van der Waals surface area contributed by atoms with E-state index in [4.69, 9.17) is 0 Å². The van der Waals surface area contributed by atoms with Gasteiger partial charge in [-0.25, -0.2) is 0 Å². The molecule has 0 aliphatic carbocycles. The molecule has 0 aromatic heterocycles. The van der Waals surface area contributed by atoms with Gasteiger partial charge in [-0.15, -0.1) is 0 Å². The van der Waals surface area contributed by atoms with Crippen LogP contribution in [0.5, 0.6) is 5.75 Å². The standard InChI is InChI=1S/C14H12F2N2O3/c15-14(16)21-13-3-1-2-10(8-13)9-17-11-4-6-12(7-5-11)18(19)20/h1-8,14,17H,9H2. The number of halogens is 2. The van der Waals surface area contributed by atoms with Crippen molar-refractivity contribution in [2.75, 3.05) is 5.32 Å².